The third kappa shape index (κ3) is 5.33. The molecule has 10 nitrogen and oxygen atoms in total. The number of ether oxygens (including phenoxy) is 1. The van der Waals surface area contributed by atoms with Crippen molar-refractivity contribution in [1.29, 1.82) is 0 Å². The Kier molecular flexibility index (Phi) is 9.64. The second-order valence-electron chi connectivity index (χ2n) is 7.12. The summed E-state index contributed by atoms with van der Waals surface area (Å²) in [5.41, 5.74) is -2.33. The zero-order valence-corrected chi connectivity index (χ0v) is 27.2. The average Bonchev–Trinajstić information content (AvgIpc) is 3.05. The summed E-state index contributed by atoms with van der Waals surface area (Å²) in [7, 11) is -10.4. The van der Waals surface area contributed by atoms with Gasteiger partial charge in [0.05, 0.1) is 15.4 Å². The van der Waals surface area contributed by atoms with Crippen molar-refractivity contribution in [2.45, 2.75) is 15.4 Å². The molecule has 0 aliphatic carbocycles. The topological polar surface area (TPSA) is 181 Å². The van der Waals surface area contributed by atoms with Crippen molar-refractivity contribution in [3.63, 3.8) is 0 Å². The Morgan fingerprint density at radius 1 is 0.750 bits per heavy atom. The van der Waals surface area contributed by atoms with Crippen LogP contribution in [0.25, 0.3) is 0 Å². The van der Waals surface area contributed by atoms with Crippen LogP contribution in [0.15, 0.2) is 67.3 Å². The number of phenolic OH excluding ortho intramolecular Hbond substituents is 2. The molecule has 0 aromatic heterocycles. The summed E-state index contributed by atoms with van der Waals surface area (Å²) in [6, 6.07) is 8.73. The van der Waals surface area contributed by atoms with Gasteiger partial charge in [-0.15, -0.1) is 0 Å². The van der Waals surface area contributed by atoms with E-state index in [4.69, 9.17) is 4.74 Å². The van der Waals surface area contributed by atoms with Gasteiger partial charge in [-0.2, -0.15) is 0 Å². The summed E-state index contributed by atoms with van der Waals surface area (Å²) < 4.78 is 76.6. The van der Waals surface area contributed by atoms with Crippen molar-refractivity contribution >= 4 is 58.1 Å². The van der Waals surface area contributed by atoms with E-state index < -0.39 is 53.1 Å². The smallest absolute Gasteiger partial charge is 0.744 e. The third-order valence-electron chi connectivity index (χ3n) is 5.18. The first kappa shape index (κ1) is 31.7. The number of hydrogen-bond acceptors (Lipinski definition) is 10. The molecule has 0 unspecified atom stereocenters. The first-order valence-electron chi connectivity index (χ1n) is 8.98. The maximum atomic E-state index is 13.0. The first-order valence-corrected chi connectivity index (χ1v) is 13.4. The standard InChI is InChI=1S/C20H12Br2O10S2.2Na/c21-11-3-4-12(22)18-17(11)19(25)32-20(18,9-1-5-13(23)15(7-9)33(26,27)28)10-2-6-14(24)16(8-10)34(29,30)31;;/h1-8,23-24H,(H,26,27,28)(H,29,30,31);;/q;2*+1/p-2. The number of aromatic hydroxyl groups is 2. The Hall–Kier alpha value is -0.490. The van der Waals surface area contributed by atoms with Crippen molar-refractivity contribution in [1.82, 2.24) is 0 Å². The van der Waals surface area contributed by atoms with Crippen LogP contribution >= 0.6 is 31.9 Å². The van der Waals surface area contributed by atoms with E-state index in [1.165, 1.54) is 12.1 Å². The van der Waals surface area contributed by atoms with Gasteiger partial charge in [0, 0.05) is 25.6 Å². The Bertz CT molecular complexity index is 1530. The maximum Gasteiger partial charge on any atom is 1.00 e. The van der Waals surface area contributed by atoms with Gasteiger partial charge in [0.15, 0.2) is 5.60 Å². The molecule has 3 aromatic carbocycles. The summed E-state index contributed by atoms with van der Waals surface area (Å²) in [5, 5.41) is 19.9. The molecule has 0 saturated carbocycles. The van der Waals surface area contributed by atoms with Gasteiger partial charge in [-0.25, -0.2) is 21.6 Å². The van der Waals surface area contributed by atoms with Crippen LogP contribution < -0.4 is 59.1 Å². The van der Waals surface area contributed by atoms with E-state index in [1.807, 2.05) is 0 Å². The molecule has 0 saturated heterocycles. The molecule has 0 atom stereocenters. The molecule has 0 bridgehead atoms. The van der Waals surface area contributed by atoms with Crippen LogP contribution in [0.3, 0.4) is 0 Å². The molecule has 2 N–H and O–H groups in total. The van der Waals surface area contributed by atoms with Crippen LogP contribution in [0.2, 0.25) is 0 Å². The number of fused-ring (bicyclic) bond motifs is 1. The molecular formula is C20H10Br2Na2O10S2. The molecule has 16 heteroatoms. The minimum absolute atomic E-state index is 0. The molecule has 3 aromatic rings. The van der Waals surface area contributed by atoms with Crippen molar-refractivity contribution in [2.75, 3.05) is 0 Å². The van der Waals surface area contributed by atoms with Crippen molar-refractivity contribution in [2.24, 2.45) is 0 Å². The summed E-state index contributed by atoms with van der Waals surface area (Å²) in [6.07, 6.45) is 0. The van der Waals surface area contributed by atoms with E-state index in [0.717, 1.165) is 36.4 Å². The fraction of sp³-hybridized carbons (Fsp3) is 0.0500. The molecule has 36 heavy (non-hydrogen) atoms. The minimum Gasteiger partial charge on any atom is -0.744 e. The number of rotatable bonds is 4. The Balaban J connectivity index is 0.00000228. The number of cyclic esters (lactones) is 1. The van der Waals surface area contributed by atoms with E-state index in [9.17, 15) is 40.9 Å². The van der Waals surface area contributed by atoms with Gasteiger partial charge in [-0.3, -0.25) is 0 Å². The van der Waals surface area contributed by atoms with E-state index in [1.54, 1.807) is 0 Å². The van der Waals surface area contributed by atoms with Crippen molar-refractivity contribution in [3.05, 3.63) is 79.7 Å². The molecular weight excluding hydrogens is 670 g/mol. The van der Waals surface area contributed by atoms with Gasteiger partial charge < -0.3 is 24.1 Å². The quantitative estimate of drug-likeness (QED) is 0.163. The number of benzene rings is 3. The first-order chi connectivity index (χ1) is 15.7. The van der Waals surface area contributed by atoms with Gasteiger partial charge in [0.25, 0.3) is 0 Å². The summed E-state index contributed by atoms with van der Waals surface area (Å²) in [4.78, 5) is 10.9. The van der Waals surface area contributed by atoms with Crippen LogP contribution in [0, 0.1) is 0 Å². The molecule has 1 aliphatic rings. The second kappa shape index (κ2) is 10.9. The second-order valence-corrected chi connectivity index (χ2v) is 11.5. The molecule has 178 valence electrons. The molecule has 4 rings (SSSR count). The SMILES string of the molecule is O=C1OC(c2ccc(O)c(S(=O)(=O)[O-])c2)(c2ccc(O)c(S(=O)(=O)[O-])c2)c2c(Br)ccc(Br)c21.[Na+].[Na+]. The van der Waals surface area contributed by atoms with E-state index in [2.05, 4.69) is 31.9 Å². The van der Waals surface area contributed by atoms with Crippen molar-refractivity contribution in [3.8, 4) is 11.5 Å². The minimum atomic E-state index is -5.19. The predicted molar refractivity (Wildman–Crippen MR) is 119 cm³/mol. The number of phenols is 2. The zero-order valence-electron chi connectivity index (χ0n) is 18.4. The molecule has 0 radical (unpaired) electrons. The average molecular weight is 680 g/mol. The number of halogens is 2. The zero-order chi connectivity index (χ0) is 25.2. The number of esters is 1. The predicted octanol–water partition coefficient (Wildman–Crippen LogP) is -3.10. The fourth-order valence-electron chi connectivity index (χ4n) is 3.78. The normalized spacial score (nSPS) is 14.3. The molecule has 0 spiro atoms. The number of carbonyl (C=O) groups is 1. The van der Waals surface area contributed by atoms with Crippen LogP contribution in [-0.4, -0.2) is 42.1 Å². The van der Waals surface area contributed by atoms with Crippen LogP contribution in [0.4, 0.5) is 0 Å². The van der Waals surface area contributed by atoms with Gasteiger partial charge >= 0.3 is 65.1 Å². The Morgan fingerprint density at radius 2 is 1.17 bits per heavy atom. The Labute approximate surface area is 266 Å². The summed E-state index contributed by atoms with van der Waals surface area (Å²) in [5.74, 6) is -2.62. The Morgan fingerprint density at radius 3 is 1.58 bits per heavy atom. The molecule has 1 aliphatic heterocycles. The van der Waals surface area contributed by atoms with Crippen LogP contribution in [-0.2, 0) is 30.6 Å². The van der Waals surface area contributed by atoms with Gasteiger partial charge in [-0.05, 0) is 52.3 Å². The van der Waals surface area contributed by atoms with Crippen LogP contribution in [0.5, 0.6) is 11.5 Å². The fourth-order valence-corrected chi connectivity index (χ4v) is 6.07. The van der Waals surface area contributed by atoms with E-state index in [0.29, 0.717) is 0 Å². The largest absolute Gasteiger partial charge is 1.00 e. The summed E-state index contributed by atoms with van der Waals surface area (Å²) in [6.45, 7) is 0. The maximum absolute atomic E-state index is 13.0. The number of hydrogen-bond donors (Lipinski definition) is 2. The van der Waals surface area contributed by atoms with Crippen molar-refractivity contribution < 1.29 is 105 Å². The molecule has 1 heterocycles. The summed E-state index contributed by atoms with van der Waals surface area (Å²) >= 11 is 6.55. The third-order valence-corrected chi connectivity index (χ3v) is 8.23. The van der Waals surface area contributed by atoms with Gasteiger partial charge in [-0.1, -0.05) is 28.1 Å². The van der Waals surface area contributed by atoms with Gasteiger partial charge in [0.2, 0.25) is 0 Å². The molecule has 0 fully saturated rings. The monoisotopic (exact) mass is 678 g/mol. The van der Waals surface area contributed by atoms with E-state index in [-0.39, 0.29) is 90.3 Å². The molecule has 0 amide bonds. The van der Waals surface area contributed by atoms with Gasteiger partial charge in [0.1, 0.15) is 31.7 Å². The van der Waals surface area contributed by atoms with E-state index >= 15 is 0 Å². The van der Waals surface area contributed by atoms with Crippen LogP contribution in [0.1, 0.15) is 27.0 Å². The number of carbonyl (C=O) groups excluding carboxylic acids is 1.